The van der Waals surface area contributed by atoms with Crippen LogP contribution in [0.2, 0.25) is 5.02 Å². The fourth-order valence-electron chi connectivity index (χ4n) is 2.20. The highest BCUT2D eigenvalue weighted by Crippen LogP contribution is 2.31. The van der Waals surface area contributed by atoms with E-state index >= 15 is 0 Å². The van der Waals surface area contributed by atoms with Gasteiger partial charge in [-0.3, -0.25) is 0 Å². The number of methoxy groups -OCH3 is 1. The maximum atomic E-state index is 13.8. The fourth-order valence-corrected chi connectivity index (χ4v) is 2.36. The van der Waals surface area contributed by atoms with E-state index in [-0.39, 0.29) is 28.0 Å². The van der Waals surface area contributed by atoms with Gasteiger partial charge in [0.15, 0.2) is 0 Å². The molecule has 0 radical (unpaired) electrons. The number of esters is 1. The van der Waals surface area contributed by atoms with E-state index in [0.29, 0.717) is 11.3 Å². The Morgan fingerprint density at radius 3 is 2.48 bits per heavy atom. The Labute approximate surface area is 138 Å². The van der Waals surface area contributed by atoms with Crippen molar-refractivity contribution in [2.45, 2.75) is 19.8 Å². The zero-order valence-corrected chi connectivity index (χ0v) is 13.7. The largest absolute Gasteiger partial charge is 0.465 e. The molecular formula is C17H16ClF2NO2. The molecule has 0 bridgehead atoms. The van der Waals surface area contributed by atoms with Crippen LogP contribution < -0.4 is 5.32 Å². The zero-order chi connectivity index (χ0) is 17.1. The monoisotopic (exact) mass is 339 g/mol. The topological polar surface area (TPSA) is 38.3 Å². The fraction of sp³-hybridized carbons (Fsp3) is 0.235. The van der Waals surface area contributed by atoms with Crippen LogP contribution in [-0.4, -0.2) is 13.1 Å². The van der Waals surface area contributed by atoms with E-state index in [1.807, 2.05) is 13.8 Å². The molecule has 122 valence electrons. The van der Waals surface area contributed by atoms with Crippen molar-refractivity contribution in [3.05, 3.63) is 58.1 Å². The summed E-state index contributed by atoms with van der Waals surface area (Å²) in [4.78, 5) is 11.9. The molecule has 0 aromatic heterocycles. The first-order chi connectivity index (χ1) is 10.8. The van der Waals surface area contributed by atoms with Crippen molar-refractivity contribution < 1.29 is 18.3 Å². The van der Waals surface area contributed by atoms with Gasteiger partial charge in [0.2, 0.25) is 0 Å². The Kier molecular flexibility index (Phi) is 5.21. The number of hydrogen-bond donors (Lipinski definition) is 1. The normalized spacial score (nSPS) is 10.7. The van der Waals surface area contributed by atoms with Gasteiger partial charge in [0.05, 0.1) is 23.4 Å². The molecule has 0 aliphatic heterocycles. The maximum absolute atomic E-state index is 13.8. The predicted octanol–water partition coefficient (Wildman–Crippen LogP) is 5.27. The molecule has 0 spiro atoms. The van der Waals surface area contributed by atoms with Crippen LogP contribution in [0.3, 0.4) is 0 Å². The summed E-state index contributed by atoms with van der Waals surface area (Å²) >= 11 is 5.73. The lowest BCUT2D eigenvalue weighted by atomic mass is 10.0. The number of ether oxygens (including phenoxy) is 1. The van der Waals surface area contributed by atoms with Crippen molar-refractivity contribution >= 4 is 28.9 Å². The van der Waals surface area contributed by atoms with Crippen LogP contribution in [0.4, 0.5) is 20.2 Å². The van der Waals surface area contributed by atoms with Crippen LogP contribution in [-0.2, 0) is 4.74 Å². The average molecular weight is 340 g/mol. The van der Waals surface area contributed by atoms with E-state index in [1.165, 1.54) is 31.4 Å². The summed E-state index contributed by atoms with van der Waals surface area (Å²) in [5.41, 5.74) is 1.58. The van der Waals surface area contributed by atoms with E-state index in [9.17, 15) is 13.6 Å². The SMILES string of the molecule is COC(=O)c1cc(Cl)c(F)cc1Nc1ccc(F)cc1C(C)C. The summed E-state index contributed by atoms with van der Waals surface area (Å²) in [7, 11) is 1.22. The van der Waals surface area contributed by atoms with E-state index in [2.05, 4.69) is 10.1 Å². The van der Waals surface area contributed by atoms with Crippen molar-refractivity contribution in [3.63, 3.8) is 0 Å². The molecule has 2 aromatic rings. The molecule has 0 saturated carbocycles. The number of carbonyl (C=O) groups is 1. The summed E-state index contributed by atoms with van der Waals surface area (Å²) < 4.78 is 31.9. The highest BCUT2D eigenvalue weighted by molar-refractivity contribution is 6.31. The number of hydrogen-bond acceptors (Lipinski definition) is 3. The molecule has 3 nitrogen and oxygen atoms in total. The molecule has 0 unspecified atom stereocenters. The molecule has 0 saturated heterocycles. The summed E-state index contributed by atoms with van der Waals surface area (Å²) in [6, 6.07) is 6.54. The molecule has 2 rings (SSSR count). The molecule has 0 heterocycles. The molecule has 0 atom stereocenters. The summed E-state index contributed by atoms with van der Waals surface area (Å²) in [6.45, 7) is 3.81. The molecule has 23 heavy (non-hydrogen) atoms. The molecular weight excluding hydrogens is 324 g/mol. The number of halogens is 3. The second-order valence-corrected chi connectivity index (χ2v) is 5.72. The molecule has 6 heteroatoms. The van der Waals surface area contributed by atoms with Crippen molar-refractivity contribution in [1.29, 1.82) is 0 Å². The van der Waals surface area contributed by atoms with E-state index in [1.54, 1.807) is 0 Å². The third kappa shape index (κ3) is 3.79. The number of rotatable bonds is 4. The molecule has 0 amide bonds. The minimum atomic E-state index is -0.671. The first-order valence-corrected chi connectivity index (χ1v) is 7.35. The van der Waals surface area contributed by atoms with E-state index in [0.717, 1.165) is 6.07 Å². The van der Waals surface area contributed by atoms with Gasteiger partial charge in [-0.25, -0.2) is 13.6 Å². The van der Waals surface area contributed by atoms with Crippen molar-refractivity contribution in [2.75, 3.05) is 12.4 Å². The lowest BCUT2D eigenvalue weighted by Gasteiger charge is -2.17. The molecule has 1 N–H and O–H groups in total. The predicted molar refractivity (Wildman–Crippen MR) is 86.5 cm³/mol. The van der Waals surface area contributed by atoms with Gasteiger partial charge < -0.3 is 10.1 Å². The Morgan fingerprint density at radius 2 is 1.87 bits per heavy atom. The molecule has 0 aliphatic rings. The van der Waals surface area contributed by atoms with Crippen LogP contribution in [0, 0.1) is 11.6 Å². The Balaban J connectivity index is 2.52. The van der Waals surface area contributed by atoms with Gasteiger partial charge in [-0.15, -0.1) is 0 Å². The van der Waals surface area contributed by atoms with Crippen molar-refractivity contribution in [3.8, 4) is 0 Å². The third-order valence-electron chi connectivity index (χ3n) is 3.37. The Hall–Kier alpha value is -2.14. The summed E-state index contributed by atoms with van der Waals surface area (Å²) in [5, 5.41) is 2.79. The van der Waals surface area contributed by atoms with Crippen molar-refractivity contribution in [2.24, 2.45) is 0 Å². The molecule has 2 aromatic carbocycles. The molecule has 0 fully saturated rings. The van der Waals surface area contributed by atoms with Gasteiger partial charge in [0.1, 0.15) is 11.6 Å². The number of carbonyl (C=O) groups excluding carboxylic acids is 1. The van der Waals surface area contributed by atoms with E-state index < -0.39 is 11.8 Å². The first kappa shape index (κ1) is 17.2. The highest BCUT2D eigenvalue weighted by atomic mass is 35.5. The Bertz CT molecular complexity index is 748. The second-order valence-electron chi connectivity index (χ2n) is 5.31. The van der Waals surface area contributed by atoms with Crippen molar-refractivity contribution in [1.82, 2.24) is 0 Å². The van der Waals surface area contributed by atoms with Gasteiger partial charge in [-0.1, -0.05) is 25.4 Å². The summed E-state index contributed by atoms with van der Waals surface area (Å²) in [5.74, 6) is -1.65. The Morgan fingerprint density at radius 1 is 1.17 bits per heavy atom. The van der Waals surface area contributed by atoms with E-state index in [4.69, 9.17) is 11.6 Å². The van der Waals surface area contributed by atoms with Gasteiger partial charge in [-0.05, 0) is 41.8 Å². The van der Waals surface area contributed by atoms with Crippen LogP contribution in [0.1, 0.15) is 35.7 Å². The average Bonchev–Trinajstić information content (AvgIpc) is 2.51. The third-order valence-corrected chi connectivity index (χ3v) is 3.66. The van der Waals surface area contributed by atoms with Gasteiger partial charge in [0, 0.05) is 5.69 Å². The number of anilines is 2. The van der Waals surface area contributed by atoms with Gasteiger partial charge in [-0.2, -0.15) is 0 Å². The van der Waals surface area contributed by atoms with Crippen LogP contribution in [0.25, 0.3) is 0 Å². The minimum absolute atomic E-state index is 0.0342. The summed E-state index contributed by atoms with van der Waals surface area (Å²) in [6.07, 6.45) is 0. The zero-order valence-electron chi connectivity index (χ0n) is 12.9. The second kappa shape index (κ2) is 6.96. The number of nitrogens with one attached hydrogen (secondary N) is 1. The lowest BCUT2D eigenvalue weighted by molar-refractivity contribution is 0.0602. The molecule has 0 aliphatic carbocycles. The highest BCUT2D eigenvalue weighted by Gasteiger charge is 2.17. The van der Waals surface area contributed by atoms with Crippen LogP contribution in [0.5, 0.6) is 0 Å². The minimum Gasteiger partial charge on any atom is -0.465 e. The quantitative estimate of drug-likeness (QED) is 0.771. The number of benzene rings is 2. The smallest absolute Gasteiger partial charge is 0.340 e. The lowest BCUT2D eigenvalue weighted by Crippen LogP contribution is -2.08. The standard InChI is InChI=1S/C17H16ClF2NO2/c1-9(2)11-6-10(19)4-5-15(11)21-16-8-14(20)13(18)7-12(16)17(22)23-3/h4-9,21H,1-3H3. The first-order valence-electron chi connectivity index (χ1n) is 6.97. The van der Waals surface area contributed by atoms with Gasteiger partial charge >= 0.3 is 5.97 Å². The van der Waals surface area contributed by atoms with Crippen LogP contribution >= 0.6 is 11.6 Å². The maximum Gasteiger partial charge on any atom is 0.340 e. The van der Waals surface area contributed by atoms with Crippen LogP contribution in [0.15, 0.2) is 30.3 Å². The van der Waals surface area contributed by atoms with Gasteiger partial charge in [0.25, 0.3) is 0 Å².